The van der Waals surface area contributed by atoms with Crippen LogP contribution in [0.1, 0.15) is 42.3 Å². The van der Waals surface area contributed by atoms with Gasteiger partial charge in [0.1, 0.15) is 11.1 Å². The number of fused-ring (bicyclic) bond motifs is 2. The number of carbonyl (C=O) groups excluding carboxylic acids is 2. The normalized spacial score (nSPS) is 12.7. The van der Waals surface area contributed by atoms with Gasteiger partial charge in [-0.25, -0.2) is 4.79 Å². The number of aromatic carboxylic acids is 1. The third-order valence-electron chi connectivity index (χ3n) is 7.59. The van der Waals surface area contributed by atoms with Crippen molar-refractivity contribution in [3.05, 3.63) is 124 Å². The van der Waals surface area contributed by atoms with Crippen LogP contribution < -0.4 is 10.6 Å². The smallest absolute Gasteiger partial charge is 0.336 e. The summed E-state index contributed by atoms with van der Waals surface area (Å²) in [5.41, 5.74) is 3.67. The summed E-state index contributed by atoms with van der Waals surface area (Å²) >= 11 is 2.79. The molecule has 0 radical (unpaired) electrons. The van der Waals surface area contributed by atoms with Crippen molar-refractivity contribution < 1.29 is 19.5 Å². The molecule has 1 aromatic heterocycles. The third kappa shape index (κ3) is 6.76. The number of carboxylic acids is 1. The quantitative estimate of drug-likeness (QED) is 0.149. The van der Waals surface area contributed by atoms with Gasteiger partial charge in [0.25, 0.3) is 5.91 Å². The number of thiophene rings is 1. The monoisotopic (exact) mass is 632 g/mol. The Morgan fingerprint density at radius 3 is 2.44 bits per heavy atom. The molecular weight excluding hydrogens is 605 g/mol. The molecule has 1 aliphatic heterocycles. The molecule has 0 unspecified atom stereocenters. The molecule has 224 valence electrons. The van der Waals surface area contributed by atoms with E-state index in [0.29, 0.717) is 27.0 Å². The van der Waals surface area contributed by atoms with Crippen molar-refractivity contribution in [2.75, 3.05) is 22.9 Å². The van der Waals surface area contributed by atoms with Crippen LogP contribution in [0.3, 0.4) is 0 Å². The number of hydrogen-bond donors (Lipinski definition) is 3. The van der Waals surface area contributed by atoms with Crippen molar-refractivity contribution >= 4 is 62.3 Å². The van der Waals surface area contributed by atoms with Crippen molar-refractivity contribution in [1.29, 1.82) is 5.26 Å². The molecule has 0 saturated carbocycles. The van der Waals surface area contributed by atoms with Crippen LogP contribution in [0.5, 0.6) is 0 Å². The van der Waals surface area contributed by atoms with E-state index in [4.69, 9.17) is 0 Å². The first-order valence-electron chi connectivity index (χ1n) is 14.3. The number of anilines is 2. The summed E-state index contributed by atoms with van der Waals surface area (Å²) in [7, 11) is 0. The van der Waals surface area contributed by atoms with Gasteiger partial charge in [0.15, 0.2) is 0 Å². The summed E-state index contributed by atoms with van der Waals surface area (Å²) in [5, 5.41) is 27.0. The molecule has 6 rings (SSSR count). The highest BCUT2D eigenvalue weighted by Gasteiger charge is 2.25. The first-order chi connectivity index (χ1) is 21.9. The average Bonchev–Trinajstić information content (AvgIpc) is 3.39. The minimum atomic E-state index is -1.10. The molecule has 0 aliphatic carbocycles. The fourth-order valence-corrected chi connectivity index (χ4v) is 7.53. The van der Waals surface area contributed by atoms with Gasteiger partial charge in [-0.2, -0.15) is 5.26 Å². The van der Waals surface area contributed by atoms with E-state index in [0.717, 1.165) is 41.4 Å². The van der Waals surface area contributed by atoms with E-state index in [1.807, 2.05) is 24.3 Å². The maximum Gasteiger partial charge on any atom is 0.336 e. The third-order valence-corrected chi connectivity index (χ3v) is 9.72. The highest BCUT2D eigenvalue weighted by Crippen LogP contribution is 2.37. The van der Waals surface area contributed by atoms with Crippen LogP contribution in [0.25, 0.3) is 10.8 Å². The standard InChI is InChI=1S/C35H28N4O4S2/c36-18-29-26-15-16-39(19-22-7-2-1-3-8-22)20-30(26)45-34(29)38-31(40)21-44-25-12-6-11-24(17-25)37-33(41)27-13-4-9-23-10-5-14-28(32(23)27)35(42)43/h1-14,17H,15-16,19-21H2,(H,37,41)(H,38,40)(H,42,43). The predicted molar refractivity (Wildman–Crippen MR) is 178 cm³/mol. The topological polar surface area (TPSA) is 123 Å². The fraction of sp³-hybridized carbons (Fsp3) is 0.143. The van der Waals surface area contributed by atoms with Crippen LogP contribution in [0.4, 0.5) is 10.7 Å². The molecule has 45 heavy (non-hydrogen) atoms. The van der Waals surface area contributed by atoms with Crippen molar-refractivity contribution in [2.24, 2.45) is 0 Å². The van der Waals surface area contributed by atoms with Gasteiger partial charge in [0, 0.05) is 46.0 Å². The molecule has 0 atom stereocenters. The summed E-state index contributed by atoms with van der Waals surface area (Å²) in [6.45, 7) is 2.43. The Kier molecular flexibility index (Phi) is 8.93. The lowest BCUT2D eigenvalue weighted by molar-refractivity contribution is -0.113. The second-order valence-electron chi connectivity index (χ2n) is 10.6. The zero-order valence-corrected chi connectivity index (χ0v) is 25.7. The molecular formula is C35H28N4O4S2. The number of amides is 2. The van der Waals surface area contributed by atoms with Crippen LogP contribution in [-0.2, 0) is 24.3 Å². The van der Waals surface area contributed by atoms with E-state index in [2.05, 4.69) is 33.7 Å². The van der Waals surface area contributed by atoms with E-state index in [9.17, 15) is 24.8 Å². The number of rotatable bonds is 9. The predicted octanol–water partition coefficient (Wildman–Crippen LogP) is 7.01. The Morgan fingerprint density at radius 2 is 1.69 bits per heavy atom. The van der Waals surface area contributed by atoms with Crippen molar-refractivity contribution in [1.82, 2.24) is 4.90 Å². The molecule has 3 N–H and O–H groups in total. The summed E-state index contributed by atoms with van der Waals surface area (Å²) in [6.07, 6.45) is 0.765. The van der Waals surface area contributed by atoms with Gasteiger partial charge >= 0.3 is 5.97 Å². The van der Waals surface area contributed by atoms with Gasteiger partial charge < -0.3 is 15.7 Å². The fourth-order valence-electron chi connectivity index (χ4n) is 5.52. The molecule has 0 fully saturated rings. The number of carbonyl (C=O) groups is 3. The minimum Gasteiger partial charge on any atom is -0.478 e. The van der Waals surface area contributed by atoms with Crippen LogP contribution in [0.15, 0.2) is 95.9 Å². The number of nitrogens with one attached hydrogen (secondary N) is 2. The van der Waals surface area contributed by atoms with E-state index in [-0.39, 0.29) is 22.8 Å². The summed E-state index contributed by atoms with van der Waals surface area (Å²) in [4.78, 5) is 42.3. The second-order valence-corrected chi connectivity index (χ2v) is 12.8. The Labute approximate surface area is 268 Å². The Balaban J connectivity index is 1.09. The number of hydrogen-bond acceptors (Lipinski definition) is 7. The molecule has 4 aromatic carbocycles. The van der Waals surface area contributed by atoms with Gasteiger partial charge in [0.05, 0.1) is 16.9 Å². The lowest BCUT2D eigenvalue weighted by atomic mass is 9.98. The molecule has 5 aromatic rings. The van der Waals surface area contributed by atoms with Crippen molar-refractivity contribution in [3.63, 3.8) is 0 Å². The van der Waals surface area contributed by atoms with E-state index < -0.39 is 11.9 Å². The Bertz CT molecular complexity index is 1960. The Hall–Kier alpha value is -4.95. The molecule has 2 heterocycles. The molecule has 0 saturated heterocycles. The number of nitriles is 1. The zero-order chi connectivity index (χ0) is 31.3. The van der Waals surface area contributed by atoms with Crippen LogP contribution >= 0.6 is 23.1 Å². The Morgan fingerprint density at radius 1 is 0.933 bits per heavy atom. The highest BCUT2D eigenvalue weighted by molar-refractivity contribution is 8.00. The molecule has 0 spiro atoms. The van der Waals surface area contributed by atoms with Gasteiger partial charge in [-0.1, -0.05) is 60.7 Å². The summed E-state index contributed by atoms with van der Waals surface area (Å²) in [5.74, 6) is -1.63. The number of nitrogens with zero attached hydrogens (tertiary/aromatic N) is 2. The average molecular weight is 633 g/mol. The molecule has 8 nitrogen and oxygen atoms in total. The summed E-state index contributed by atoms with van der Waals surface area (Å²) < 4.78 is 0. The zero-order valence-electron chi connectivity index (χ0n) is 24.1. The first kappa shape index (κ1) is 30.1. The summed E-state index contributed by atoms with van der Waals surface area (Å²) in [6, 6.07) is 29.7. The SMILES string of the molecule is N#Cc1c(NC(=O)CSc2cccc(NC(=O)c3cccc4cccc(C(=O)O)c34)c2)sc2c1CCN(Cc1ccccc1)C2. The van der Waals surface area contributed by atoms with Crippen LogP contribution in [0, 0.1) is 11.3 Å². The van der Waals surface area contributed by atoms with Gasteiger partial charge in [-0.05, 0) is 53.3 Å². The van der Waals surface area contributed by atoms with E-state index in [1.165, 1.54) is 34.7 Å². The largest absolute Gasteiger partial charge is 0.478 e. The van der Waals surface area contributed by atoms with Gasteiger partial charge in [-0.3, -0.25) is 14.5 Å². The van der Waals surface area contributed by atoms with Crippen LogP contribution in [-0.4, -0.2) is 40.1 Å². The van der Waals surface area contributed by atoms with E-state index >= 15 is 0 Å². The maximum absolute atomic E-state index is 13.2. The van der Waals surface area contributed by atoms with Crippen molar-refractivity contribution in [2.45, 2.75) is 24.4 Å². The number of thioether (sulfide) groups is 1. The second kappa shape index (κ2) is 13.4. The molecule has 0 bridgehead atoms. The van der Waals surface area contributed by atoms with Crippen LogP contribution in [0.2, 0.25) is 0 Å². The molecule has 1 aliphatic rings. The van der Waals surface area contributed by atoms with Gasteiger partial charge in [0.2, 0.25) is 5.91 Å². The maximum atomic E-state index is 13.2. The molecule has 10 heteroatoms. The minimum absolute atomic E-state index is 0.0595. The number of carboxylic acid groups (broad SMARTS) is 1. The number of benzene rings is 4. The molecule has 2 amide bonds. The highest BCUT2D eigenvalue weighted by atomic mass is 32.2. The lowest BCUT2D eigenvalue weighted by Gasteiger charge is -2.26. The van der Waals surface area contributed by atoms with Crippen molar-refractivity contribution in [3.8, 4) is 6.07 Å². The van der Waals surface area contributed by atoms with Gasteiger partial charge in [-0.15, -0.1) is 23.1 Å². The van der Waals surface area contributed by atoms with E-state index in [1.54, 1.807) is 48.5 Å². The lowest BCUT2D eigenvalue weighted by Crippen LogP contribution is -2.29. The first-order valence-corrected chi connectivity index (χ1v) is 16.1.